The van der Waals surface area contributed by atoms with Crippen molar-refractivity contribution in [1.82, 2.24) is 10.6 Å². The summed E-state index contributed by atoms with van der Waals surface area (Å²) < 4.78 is 0. The number of carboxylic acid groups (broad SMARTS) is 1. The molecule has 0 aromatic heterocycles. The van der Waals surface area contributed by atoms with Gasteiger partial charge in [-0.1, -0.05) is 38.1 Å². The van der Waals surface area contributed by atoms with Crippen LogP contribution in [0.2, 0.25) is 0 Å². The van der Waals surface area contributed by atoms with Crippen LogP contribution in [0, 0.1) is 5.92 Å². The van der Waals surface area contributed by atoms with Crippen molar-refractivity contribution in [3.8, 4) is 0 Å². The Morgan fingerprint density at radius 3 is 2.29 bits per heavy atom. The van der Waals surface area contributed by atoms with Crippen molar-refractivity contribution in [1.29, 1.82) is 0 Å². The van der Waals surface area contributed by atoms with Crippen LogP contribution in [-0.2, 0) is 17.6 Å². The van der Waals surface area contributed by atoms with Crippen molar-refractivity contribution in [2.75, 3.05) is 0 Å². The van der Waals surface area contributed by atoms with Gasteiger partial charge >= 0.3 is 12.0 Å². The van der Waals surface area contributed by atoms with Crippen LogP contribution in [0.15, 0.2) is 24.3 Å². The number of amides is 2. The molecule has 1 aromatic rings. The van der Waals surface area contributed by atoms with Gasteiger partial charge in [0.1, 0.15) is 0 Å². The van der Waals surface area contributed by atoms with Gasteiger partial charge in [0, 0.05) is 12.1 Å². The van der Waals surface area contributed by atoms with Crippen molar-refractivity contribution in [3.63, 3.8) is 0 Å². The van der Waals surface area contributed by atoms with Crippen LogP contribution in [0.25, 0.3) is 0 Å². The summed E-state index contributed by atoms with van der Waals surface area (Å²) in [5.41, 5.74) is 2.54. The fourth-order valence-electron chi connectivity index (χ4n) is 2.70. The first kappa shape index (κ1) is 15.4. The maximum atomic E-state index is 12.0. The van der Waals surface area contributed by atoms with Gasteiger partial charge in [0.2, 0.25) is 0 Å². The Morgan fingerprint density at radius 1 is 1.24 bits per heavy atom. The number of aliphatic carboxylic acids is 1. The molecule has 2 rings (SSSR count). The largest absolute Gasteiger partial charge is 0.481 e. The normalized spacial score (nSPS) is 15.6. The molecule has 1 aromatic carbocycles. The molecule has 2 amide bonds. The highest BCUT2D eigenvalue weighted by atomic mass is 16.4. The van der Waals surface area contributed by atoms with Crippen LogP contribution in [0.4, 0.5) is 4.79 Å². The summed E-state index contributed by atoms with van der Waals surface area (Å²) in [5, 5.41) is 14.6. The van der Waals surface area contributed by atoms with E-state index in [9.17, 15) is 9.59 Å². The highest BCUT2D eigenvalue weighted by Crippen LogP contribution is 2.21. The fraction of sp³-hybridized carbons (Fsp3) is 0.500. The van der Waals surface area contributed by atoms with Gasteiger partial charge in [0.15, 0.2) is 0 Å². The van der Waals surface area contributed by atoms with Crippen LogP contribution in [0.1, 0.15) is 31.4 Å². The maximum absolute atomic E-state index is 12.0. The summed E-state index contributed by atoms with van der Waals surface area (Å²) in [6.45, 7) is 3.80. The van der Waals surface area contributed by atoms with Crippen molar-refractivity contribution in [2.45, 2.75) is 45.2 Å². The summed E-state index contributed by atoms with van der Waals surface area (Å²) in [5.74, 6) is -0.824. The first-order valence-corrected chi connectivity index (χ1v) is 7.31. The summed E-state index contributed by atoms with van der Waals surface area (Å²) in [7, 11) is 0. The number of hydrogen-bond donors (Lipinski definition) is 3. The number of carbonyl (C=O) groups is 2. The number of carboxylic acids is 1. The number of urea groups is 1. The van der Waals surface area contributed by atoms with Gasteiger partial charge < -0.3 is 15.7 Å². The Kier molecular flexibility index (Phi) is 4.83. The number of nitrogens with one attached hydrogen (secondary N) is 2. The van der Waals surface area contributed by atoms with Crippen LogP contribution in [0.5, 0.6) is 0 Å². The molecule has 0 bridgehead atoms. The van der Waals surface area contributed by atoms with E-state index in [1.165, 1.54) is 11.1 Å². The molecular weight excluding hydrogens is 268 g/mol. The molecule has 0 radical (unpaired) electrons. The molecule has 1 aliphatic carbocycles. The molecule has 0 saturated carbocycles. The molecule has 5 nitrogen and oxygen atoms in total. The lowest BCUT2D eigenvalue weighted by Crippen LogP contribution is -2.48. The maximum Gasteiger partial charge on any atom is 0.315 e. The van der Waals surface area contributed by atoms with E-state index in [4.69, 9.17) is 5.11 Å². The second-order valence-electron chi connectivity index (χ2n) is 5.94. The SMILES string of the molecule is CC(C)C(CC(=O)O)NC(=O)NC1Cc2ccccc2C1. The van der Waals surface area contributed by atoms with Gasteiger partial charge in [0.25, 0.3) is 0 Å². The van der Waals surface area contributed by atoms with Gasteiger partial charge in [0.05, 0.1) is 6.42 Å². The van der Waals surface area contributed by atoms with E-state index in [2.05, 4.69) is 22.8 Å². The second-order valence-corrected chi connectivity index (χ2v) is 5.94. The topological polar surface area (TPSA) is 78.4 Å². The number of fused-ring (bicyclic) bond motifs is 1. The van der Waals surface area contributed by atoms with Gasteiger partial charge in [-0.05, 0) is 29.9 Å². The van der Waals surface area contributed by atoms with E-state index in [0.717, 1.165) is 12.8 Å². The predicted octanol–water partition coefficient (Wildman–Crippen LogP) is 1.95. The first-order chi connectivity index (χ1) is 9.95. The van der Waals surface area contributed by atoms with Crippen LogP contribution >= 0.6 is 0 Å². The first-order valence-electron chi connectivity index (χ1n) is 7.31. The molecule has 1 atom stereocenters. The van der Waals surface area contributed by atoms with E-state index >= 15 is 0 Å². The summed E-state index contributed by atoms with van der Waals surface area (Å²) in [4.78, 5) is 22.8. The monoisotopic (exact) mass is 290 g/mol. The Balaban J connectivity index is 1.86. The summed E-state index contributed by atoms with van der Waals surface area (Å²) in [6, 6.07) is 7.61. The molecule has 0 spiro atoms. The van der Waals surface area contributed by atoms with Crippen LogP contribution in [-0.4, -0.2) is 29.2 Å². The third-order valence-electron chi connectivity index (χ3n) is 3.90. The lowest BCUT2D eigenvalue weighted by molar-refractivity contribution is -0.137. The third-order valence-corrected chi connectivity index (χ3v) is 3.90. The molecule has 0 saturated heterocycles. The summed E-state index contributed by atoms with van der Waals surface area (Å²) in [6.07, 6.45) is 1.60. The molecule has 0 fully saturated rings. The zero-order valence-electron chi connectivity index (χ0n) is 12.4. The van der Waals surface area contributed by atoms with E-state index in [1.807, 2.05) is 26.0 Å². The molecule has 1 aliphatic rings. The van der Waals surface area contributed by atoms with Gasteiger partial charge in [-0.25, -0.2) is 4.79 Å². The van der Waals surface area contributed by atoms with E-state index in [0.29, 0.717) is 0 Å². The minimum Gasteiger partial charge on any atom is -0.481 e. The average Bonchev–Trinajstić information content (AvgIpc) is 2.79. The minimum atomic E-state index is -0.901. The van der Waals surface area contributed by atoms with E-state index in [-0.39, 0.29) is 30.5 Å². The second kappa shape index (κ2) is 6.61. The highest BCUT2D eigenvalue weighted by Gasteiger charge is 2.24. The zero-order valence-corrected chi connectivity index (χ0v) is 12.4. The molecule has 3 N–H and O–H groups in total. The zero-order chi connectivity index (χ0) is 15.4. The minimum absolute atomic E-state index is 0.0595. The molecular formula is C16H22N2O3. The molecule has 21 heavy (non-hydrogen) atoms. The van der Waals surface area contributed by atoms with Crippen molar-refractivity contribution in [2.24, 2.45) is 5.92 Å². The molecule has 1 unspecified atom stereocenters. The van der Waals surface area contributed by atoms with Gasteiger partial charge in [-0.2, -0.15) is 0 Å². The quantitative estimate of drug-likeness (QED) is 0.775. The standard InChI is InChI=1S/C16H22N2O3/c1-10(2)14(9-15(19)20)18-16(21)17-13-7-11-5-3-4-6-12(11)8-13/h3-6,10,13-14H,7-9H2,1-2H3,(H,19,20)(H2,17,18,21). The molecule has 0 heterocycles. The Labute approximate surface area is 124 Å². The van der Waals surface area contributed by atoms with Crippen molar-refractivity contribution < 1.29 is 14.7 Å². The Hall–Kier alpha value is -2.04. The van der Waals surface area contributed by atoms with Crippen molar-refractivity contribution in [3.05, 3.63) is 35.4 Å². The molecule has 5 heteroatoms. The third kappa shape index (κ3) is 4.21. The molecule has 0 aliphatic heterocycles. The number of benzene rings is 1. The number of carbonyl (C=O) groups excluding carboxylic acids is 1. The fourth-order valence-corrected chi connectivity index (χ4v) is 2.70. The Bertz CT molecular complexity index is 503. The van der Waals surface area contributed by atoms with E-state index in [1.54, 1.807) is 0 Å². The Morgan fingerprint density at radius 2 is 1.81 bits per heavy atom. The lowest BCUT2D eigenvalue weighted by atomic mass is 10.0. The average molecular weight is 290 g/mol. The van der Waals surface area contributed by atoms with Gasteiger partial charge in [-0.3, -0.25) is 4.79 Å². The van der Waals surface area contributed by atoms with E-state index < -0.39 is 5.97 Å². The number of hydrogen-bond acceptors (Lipinski definition) is 2. The van der Waals surface area contributed by atoms with Crippen molar-refractivity contribution >= 4 is 12.0 Å². The van der Waals surface area contributed by atoms with Crippen LogP contribution < -0.4 is 10.6 Å². The van der Waals surface area contributed by atoms with Gasteiger partial charge in [-0.15, -0.1) is 0 Å². The van der Waals surface area contributed by atoms with Crippen LogP contribution in [0.3, 0.4) is 0 Å². The predicted molar refractivity (Wildman–Crippen MR) is 80.2 cm³/mol. The highest BCUT2D eigenvalue weighted by molar-refractivity contribution is 5.76. The smallest absolute Gasteiger partial charge is 0.315 e. The number of rotatable bonds is 5. The summed E-state index contributed by atoms with van der Waals surface area (Å²) >= 11 is 0. The molecule has 114 valence electrons. The lowest BCUT2D eigenvalue weighted by Gasteiger charge is -2.22.